The number of ether oxygens (including phenoxy) is 1. The maximum absolute atomic E-state index is 14.1. The van der Waals surface area contributed by atoms with Gasteiger partial charge in [-0.05, 0) is 53.1 Å². The Bertz CT molecular complexity index is 1050. The Hall–Kier alpha value is -3.32. The highest BCUT2D eigenvalue weighted by Gasteiger charge is 2.48. The lowest BCUT2D eigenvalue weighted by Gasteiger charge is -2.27. The number of amides is 1. The summed E-state index contributed by atoms with van der Waals surface area (Å²) in [6.45, 7) is 0.239. The predicted octanol–water partition coefficient (Wildman–Crippen LogP) is 5.07. The van der Waals surface area contributed by atoms with Gasteiger partial charge in [-0.25, -0.2) is 0 Å². The Labute approximate surface area is 171 Å². The number of nitrogens with two attached hydrogens (primary N) is 1. The lowest BCUT2D eigenvalue weighted by atomic mass is 9.86. The Balaban J connectivity index is 1.63. The molecule has 0 spiro atoms. The van der Waals surface area contributed by atoms with Crippen molar-refractivity contribution in [1.82, 2.24) is 5.32 Å². The zero-order valence-electron chi connectivity index (χ0n) is 15.8. The fraction of sp³-hybridized carbons (Fsp3) is 0.174. The van der Waals surface area contributed by atoms with Crippen molar-refractivity contribution in [2.75, 3.05) is 0 Å². The third-order valence-electron chi connectivity index (χ3n) is 5.18. The first kappa shape index (κ1) is 20.0. The van der Waals surface area contributed by atoms with Gasteiger partial charge in [0.1, 0.15) is 11.5 Å². The third kappa shape index (κ3) is 4.02. The molecule has 1 aliphatic heterocycles. The topological polar surface area (TPSA) is 64.4 Å². The van der Waals surface area contributed by atoms with E-state index in [4.69, 9.17) is 10.5 Å². The van der Waals surface area contributed by atoms with Crippen molar-refractivity contribution >= 4 is 5.91 Å². The summed E-state index contributed by atoms with van der Waals surface area (Å²) in [4.78, 5) is 11.4. The number of primary amides is 1. The molecule has 0 bridgehead atoms. The van der Waals surface area contributed by atoms with E-state index in [0.717, 1.165) is 0 Å². The first-order valence-electron chi connectivity index (χ1n) is 9.38. The van der Waals surface area contributed by atoms with Gasteiger partial charge in [0.25, 0.3) is 0 Å². The molecule has 154 valence electrons. The van der Waals surface area contributed by atoms with Crippen LogP contribution < -0.4 is 15.8 Å². The minimum absolute atomic E-state index is 0.132. The molecule has 1 amide bonds. The van der Waals surface area contributed by atoms with E-state index in [9.17, 15) is 18.0 Å². The molecule has 1 heterocycles. The highest BCUT2D eigenvalue weighted by molar-refractivity contribution is 5.93. The van der Waals surface area contributed by atoms with Crippen molar-refractivity contribution in [3.8, 4) is 11.5 Å². The molecule has 1 unspecified atom stereocenters. The number of carbonyl (C=O) groups is 1. The number of benzene rings is 3. The first-order valence-corrected chi connectivity index (χ1v) is 9.38. The number of nitrogens with one attached hydrogen (secondary N) is 1. The lowest BCUT2D eigenvalue weighted by molar-refractivity contribution is -0.157. The Morgan fingerprint density at radius 1 is 1.00 bits per heavy atom. The van der Waals surface area contributed by atoms with Gasteiger partial charge < -0.3 is 15.8 Å². The van der Waals surface area contributed by atoms with E-state index < -0.39 is 24.0 Å². The molecule has 0 radical (unpaired) electrons. The van der Waals surface area contributed by atoms with Crippen LogP contribution >= 0.6 is 0 Å². The summed E-state index contributed by atoms with van der Waals surface area (Å²) in [7, 11) is 0. The molecule has 0 fully saturated rings. The minimum Gasteiger partial charge on any atom is -0.457 e. The maximum Gasteiger partial charge on any atom is 0.397 e. The molecule has 3 aromatic carbocycles. The van der Waals surface area contributed by atoms with E-state index in [2.05, 4.69) is 5.32 Å². The highest BCUT2D eigenvalue weighted by atomic mass is 19.4. The van der Waals surface area contributed by atoms with Crippen LogP contribution in [0.3, 0.4) is 0 Å². The summed E-state index contributed by atoms with van der Waals surface area (Å²) >= 11 is 0. The molecule has 3 N–H and O–H groups in total. The van der Waals surface area contributed by atoms with Gasteiger partial charge in [-0.3, -0.25) is 4.79 Å². The van der Waals surface area contributed by atoms with E-state index in [0.29, 0.717) is 22.6 Å². The van der Waals surface area contributed by atoms with Crippen molar-refractivity contribution in [3.63, 3.8) is 0 Å². The fourth-order valence-electron chi connectivity index (χ4n) is 3.78. The smallest absolute Gasteiger partial charge is 0.397 e. The molecule has 0 aliphatic carbocycles. The largest absolute Gasteiger partial charge is 0.457 e. The minimum atomic E-state index is -4.47. The summed E-state index contributed by atoms with van der Waals surface area (Å²) < 4.78 is 47.9. The van der Waals surface area contributed by atoms with Crippen LogP contribution in [0.4, 0.5) is 13.2 Å². The molecular weight excluding hydrogens is 393 g/mol. The van der Waals surface area contributed by atoms with Gasteiger partial charge in [0.15, 0.2) is 0 Å². The fourth-order valence-corrected chi connectivity index (χ4v) is 3.78. The van der Waals surface area contributed by atoms with Gasteiger partial charge >= 0.3 is 6.18 Å². The zero-order chi connectivity index (χ0) is 21.3. The van der Waals surface area contributed by atoms with Gasteiger partial charge in [0.05, 0.1) is 5.92 Å². The molecule has 2 atom stereocenters. The quantitative estimate of drug-likeness (QED) is 0.615. The third-order valence-corrected chi connectivity index (χ3v) is 5.18. The van der Waals surface area contributed by atoms with Crippen molar-refractivity contribution in [2.45, 2.75) is 24.7 Å². The van der Waals surface area contributed by atoms with Crippen LogP contribution in [0.5, 0.6) is 11.5 Å². The van der Waals surface area contributed by atoms with Crippen LogP contribution in [-0.4, -0.2) is 12.1 Å². The Morgan fingerprint density at radius 3 is 2.30 bits per heavy atom. The number of rotatable bonds is 5. The van der Waals surface area contributed by atoms with Crippen molar-refractivity contribution in [3.05, 3.63) is 95.1 Å². The second kappa shape index (κ2) is 7.84. The molecule has 0 saturated heterocycles. The Kier molecular flexibility index (Phi) is 5.22. The molecule has 3 aromatic rings. The van der Waals surface area contributed by atoms with E-state index in [-0.39, 0.29) is 17.7 Å². The monoisotopic (exact) mass is 412 g/mol. The average Bonchev–Trinajstić information content (AvgIpc) is 3.12. The van der Waals surface area contributed by atoms with Crippen LogP contribution in [0.2, 0.25) is 0 Å². The number of hydrogen-bond donors (Lipinski definition) is 2. The van der Waals surface area contributed by atoms with E-state index in [1.807, 2.05) is 18.2 Å². The summed E-state index contributed by atoms with van der Waals surface area (Å²) in [6, 6.07) is 18.6. The van der Waals surface area contributed by atoms with Gasteiger partial charge in [-0.1, -0.05) is 36.4 Å². The predicted molar refractivity (Wildman–Crippen MR) is 106 cm³/mol. The van der Waals surface area contributed by atoms with Gasteiger partial charge in [0, 0.05) is 18.2 Å². The molecule has 4 rings (SSSR count). The molecular formula is C23H19F3N2O2. The van der Waals surface area contributed by atoms with Gasteiger partial charge in [-0.15, -0.1) is 0 Å². The van der Waals surface area contributed by atoms with Crippen LogP contribution in [-0.2, 0) is 6.54 Å². The molecule has 1 aliphatic rings. The summed E-state index contributed by atoms with van der Waals surface area (Å²) in [5.74, 6) is -1.29. The van der Waals surface area contributed by atoms with Crippen molar-refractivity contribution in [2.24, 2.45) is 5.73 Å². The average molecular weight is 412 g/mol. The number of alkyl halides is 3. The van der Waals surface area contributed by atoms with Gasteiger partial charge in [-0.2, -0.15) is 13.2 Å². The number of para-hydroxylation sites is 1. The summed E-state index contributed by atoms with van der Waals surface area (Å²) in [5.41, 5.74) is 6.86. The summed E-state index contributed by atoms with van der Waals surface area (Å²) in [5, 5.41) is 2.94. The van der Waals surface area contributed by atoms with Crippen LogP contribution in [0.25, 0.3) is 0 Å². The van der Waals surface area contributed by atoms with Crippen LogP contribution in [0.1, 0.15) is 39.0 Å². The van der Waals surface area contributed by atoms with Gasteiger partial charge in [0.2, 0.25) is 5.91 Å². The van der Waals surface area contributed by atoms with Crippen LogP contribution in [0, 0.1) is 0 Å². The molecule has 0 saturated carbocycles. The first-order chi connectivity index (χ1) is 14.3. The number of halogens is 3. The Morgan fingerprint density at radius 2 is 1.67 bits per heavy atom. The second-order valence-electron chi connectivity index (χ2n) is 7.14. The zero-order valence-corrected chi connectivity index (χ0v) is 15.8. The van der Waals surface area contributed by atoms with E-state index in [1.54, 1.807) is 24.3 Å². The second-order valence-corrected chi connectivity index (χ2v) is 7.14. The standard InChI is InChI=1S/C23H19F3N2O2/c24-23(25,26)20(21-19-11-8-15(22(27)29)12-16(19)13-28-21)14-6-9-18(10-7-14)30-17-4-2-1-3-5-17/h1-12,20-21,28H,13H2,(H2,27,29)/t20-,21?/m1/s1. The molecule has 0 aromatic heterocycles. The molecule has 7 heteroatoms. The maximum atomic E-state index is 14.1. The SMILES string of the molecule is NC(=O)c1ccc2c(c1)CNC2[C@@H](c1ccc(Oc2ccccc2)cc1)C(F)(F)F. The van der Waals surface area contributed by atoms with E-state index >= 15 is 0 Å². The normalized spacial score (nSPS) is 16.7. The summed E-state index contributed by atoms with van der Waals surface area (Å²) in [6.07, 6.45) is -4.47. The van der Waals surface area contributed by atoms with E-state index in [1.165, 1.54) is 30.3 Å². The van der Waals surface area contributed by atoms with Crippen LogP contribution in [0.15, 0.2) is 72.8 Å². The molecule has 30 heavy (non-hydrogen) atoms. The number of fused-ring (bicyclic) bond motifs is 1. The number of carbonyl (C=O) groups excluding carboxylic acids is 1. The van der Waals surface area contributed by atoms with Crippen molar-refractivity contribution < 1.29 is 22.7 Å². The lowest BCUT2D eigenvalue weighted by Crippen LogP contribution is -2.31. The van der Waals surface area contributed by atoms with Crippen molar-refractivity contribution in [1.29, 1.82) is 0 Å². The molecule has 4 nitrogen and oxygen atoms in total. The number of hydrogen-bond acceptors (Lipinski definition) is 3. The highest BCUT2D eigenvalue weighted by Crippen LogP contribution is 2.47.